The lowest BCUT2D eigenvalue weighted by Gasteiger charge is -2.40. The molecular weight excluding hydrogens is 853 g/mol. The van der Waals surface area contributed by atoms with Gasteiger partial charge in [-0.3, -0.25) is 14.4 Å². The van der Waals surface area contributed by atoms with Gasteiger partial charge in [0.1, 0.15) is 18.8 Å². The summed E-state index contributed by atoms with van der Waals surface area (Å²) in [5.41, 5.74) is 0. The van der Waals surface area contributed by atoms with Gasteiger partial charge in [0.2, 0.25) is 0 Å². The molecule has 1 fully saturated rings. The number of hydrogen-bond donors (Lipinski definition) is 3. The zero-order valence-electron chi connectivity index (χ0n) is 42.1. The Bertz CT molecular complexity index is 1360. The maximum absolute atomic E-state index is 13.0. The Labute approximate surface area is 405 Å². The number of carboxylic acid groups (broad SMARTS) is 1. The van der Waals surface area contributed by atoms with Gasteiger partial charge < -0.3 is 39.0 Å². The van der Waals surface area contributed by atoms with Crippen LogP contribution in [0.2, 0.25) is 0 Å². The van der Waals surface area contributed by atoms with Crippen molar-refractivity contribution in [3.8, 4) is 0 Å². The number of aliphatic carboxylic acids is 1. The molecule has 0 aliphatic carbocycles. The molecule has 12 heteroatoms. The van der Waals surface area contributed by atoms with Gasteiger partial charge in [0.15, 0.2) is 24.6 Å². The SMILES string of the molecule is CC/C=C\C/C=C\C/C=C\C/C=C\CCCCCCC(=O)OC1C(OCC(COC(=O)CCCCCCCCCCCCC)OC(=O)CCCCCCCCCCC)OC(C(=O)O)C(O)C1O. The van der Waals surface area contributed by atoms with E-state index in [1.807, 2.05) is 0 Å². The molecule has 0 spiro atoms. The molecule has 0 aromatic carbocycles. The normalized spacial score (nSPS) is 19.2. The van der Waals surface area contributed by atoms with Crippen molar-refractivity contribution in [2.75, 3.05) is 13.2 Å². The lowest BCUT2D eigenvalue weighted by atomic mass is 9.98. The van der Waals surface area contributed by atoms with Crippen molar-refractivity contribution in [2.24, 2.45) is 0 Å². The number of carboxylic acids is 1. The van der Waals surface area contributed by atoms with Crippen LogP contribution in [0.1, 0.15) is 226 Å². The van der Waals surface area contributed by atoms with E-state index in [9.17, 15) is 34.5 Å². The highest BCUT2D eigenvalue weighted by molar-refractivity contribution is 5.74. The first-order valence-electron chi connectivity index (χ1n) is 26.6. The van der Waals surface area contributed by atoms with Crippen molar-refractivity contribution in [3.63, 3.8) is 0 Å². The number of rotatable bonds is 44. The molecular formula is C55H94O12. The summed E-state index contributed by atoms with van der Waals surface area (Å²) in [6, 6.07) is 0. The fraction of sp³-hybridized carbons (Fsp3) is 0.782. The van der Waals surface area contributed by atoms with Crippen LogP contribution in [-0.4, -0.2) is 89.2 Å². The average molecular weight is 947 g/mol. The molecule has 386 valence electrons. The summed E-state index contributed by atoms with van der Waals surface area (Å²) in [7, 11) is 0. The largest absolute Gasteiger partial charge is 0.479 e. The minimum Gasteiger partial charge on any atom is -0.479 e. The second-order valence-electron chi connectivity index (χ2n) is 18.1. The number of unbranched alkanes of at least 4 members (excludes halogenated alkanes) is 22. The fourth-order valence-corrected chi connectivity index (χ4v) is 7.83. The van der Waals surface area contributed by atoms with Crippen molar-refractivity contribution in [1.29, 1.82) is 0 Å². The molecule has 12 nitrogen and oxygen atoms in total. The quantitative estimate of drug-likeness (QED) is 0.0228. The van der Waals surface area contributed by atoms with Gasteiger partial charge in [0.05, 0.1) is 6.61 Å². The molecule has 1 saturated heterocycles. The second kappa shape index (κ2) is 43.9. The van der Waals surface area contributed by atoms with Gasteiger partial charge in [0, 0.05) is 19.3 Å². The number of ether oxygens (including phenoxy) is 5. The van der Waals surface area contributed by atoms with Crippen LogP contribution < -0.4 is 0 Å². The summed E-state index contributed by atoms with van der Waals surface area (Å²) in [5.74, 6) is -3.14. The zero-order chi connectivity index (χ0) is 49.0. The molecule has 3 N–H and O–H groups in total. The fourth-order valence-electron chi connectivity index (χ4n) is 7.83. The first-order valence-corrected chi connectivity index (χ1v) is 26.6. The maximum atomic E-state index is 13.0. The van der Waals surface area contributed by atoms with Gasteiger partial charge in [-0.2, -0.15) is 0 Å². The van der Waals surface area contributed by atoms with E-state index in [1.165, 1.54) is 77.0 Å². The minimum absolute atomic E-state index is 0.0343. The summed E-state index contributed by atoms with van der Waals surface area (Å²) >= 11 is 0. The van der Waals surface area contributed by atoms with Gasteiger partial charge >= 0.3 is 23.9 Å². The summed E-state index contributed by atoms with van der Waals surface area (Å²) in [4.78, 5) is 50.7. The predicted octanol–water partition coefficient (Wildman–Crippen LogP) is 12.7. The van der Waals surface area contributed by atoms with Gasteiger partial charge in [-0.25, -0.2) is 4.79 Å². The third-order valence-electron chi connectivity index (χ3n) is 11.9. The molecule has 67 heavy (non-hydrogen) atoms. The molecule has 6 atom stereocenters. The van der Waals surface area contributed by atoms with Crippen LogP contribution >= 0.6 is 0 Å². The lowest BCUT2D eigenvalue weighted by molar-refractivity contribution is -0.301. The number of aliphatic hydroxyl groups is 2. The Morgan fingerprint density at radius 1 is 0.507 bits per heavy atom. The Morgan fingerprint density at radius 3 is 1.43 bits per heavy atom. The van der Waals surface area contributed by atoms with Crippen LogP contribution in [0.5, 0.6) is 0 Å². The third-order valence-corrected chi connectivity index (χ3v) is 11.9. The van der Waals surface area contributed by atoms with Crippen molar-refractivity contribution < 1.29 is 58.2 Å². The molecule has 0 amide bonds. The van der Waals surface area contributed by atoms with E-state index < -0.39 is 67.3 Å². The van der Waals surface area contributed by atoms with E-state index in [0.29, 0.717) is 19.3 Å². The minimum atomic E-state index is -1.91. The smallest absolute Gasteiger partial charge is 0.335 e. The molecule has 0 bridgehead atoms. The highest BCUT2D eigenvalue weighted by Gasteiger charge is 2.50. The summed E-state index contributed by atoms with van der Waals surface area (Å²) in [6.07, 6.45) is 38.2. The topological polar surface area (TPSA) is 175 Å². The van der Waals surface area contributed by atoms with E-state index in [0.717, 1.165) is 89.9 Å². The van der Waals surface area contributed by atoms with E-state index >= 15 is 0 Å². The summed E-state index contributed by atoms with van der Waals surface area (Å²) in [5, 5.41) is 31.3. The van der Waals surface area contributed by atoms with Crippen LogP contribution in [-0.2, 0) is 42.9 Å². The number of allylic oxidation sites excluding steroid dienone is 8. The molecule has 1 heterocycles. The van der Waals surface area contributed by atoms with Crippen LogP contribution in [0, 0.1) is 0 Å². The van der Waals surface area contributed by atoms with Gasteiger partial charge in [0.25, 0.3) is 0 Å². The van der Waals surface area contributed by atoms with E-state index in [2.05, 4.69) is 69.4 Å². The summed E-state index contributed by atoms with van der Waals surface area (Å²) in [6.45, 7) is 5.82. The Morgan fingerprint density at radius 2 is 0.940 bits per heavy atom. The van der Waals surface area contributed by atoms with Crippen LogP contribution in [0.3, 0.4) is 0 Å². The molecule has 6 unspecified atom stereocenters. The maximum Gasteiger partial charge on any atom is 0.335 e. The molecule has 1 rings (SSSR count). The van der Waals surface area contributed by atoms with E-state index in [-0.39, 0.29) is 25.9 Å². The van der Waals surface area contributed by atoms with E-state index in [1.54, 1.807) is 0 Å². The van der Waals surface area contributed by atoms with Crippen molar-refractivity contribution in [3.05, 3.63) is 48.6 Å². The summed E-state index contributed by atoms with van der Waals surface area (Å²) < 4.78 is 28.2. The monoisotopic (exact) mass is 947 g/mol. The Hall–Kier alpha value is -3.32. The number of carbonyl (C=O) groups excluding carboxylic acids is 3. The van der Waals surface area contributed by atoms with Crippen molar-refractivity contribution in [2.45, 2.75) is 263 Å². The van der Waals surface area contributed by atoms with Crippen molar-refractivity contribution in [1.82, 2.24) is 0 Å². The highest BCUT2D eigenvalue weighted by Crippen LogP contribution is 2.26. The molecule has 1 aliphatic heterocycles. The standard InChI is InChI=1S/C55H94O12/c1-4-7-10-13-16-19-21-22-23-24-25-26-28-31-34-37-40-43-49(58)66-53-51(60)50(59)52(54(61)62)67-55(53)64-45-46(65-48(57)42-39-36-33-29-18-15-12-9-6-3)44-63-47(56)41-38-35-32-30-27-20-17-14-11-8-5-2/h7,10,16,19,22-23,25-26,46,50-53,55,59-60H,4-6,8-9,11-15,17-18,20-21,24,27-45H2,1-3H3,(H,61,62)/b10-7-,19-16-,23-22-,26-25-. The third kappa shape index (κ3) is 34.6. The van der Waals surface area contributed by atoms with Gasteiger partial charge in [-0.1, -0.05) is 198 Å². The zero-order valence-corrected chi connectivity index (χ0v) is 42.1. The van der Waals surface area contributed by atoms with Crippen LogP contribution in [0.15, 0.2) is 48.6 Å². The first kappa shape index (κ1) is 61.7. The number of carbonyl (C=O) groups is 4. The van der Waals surface area contributed by atoms with Crippen molar-refractivity contribution >= 4 is 23.9 Å². The average Bonchev–Trinajstić information content (AvgIpc) is 3.31. The molecule has 0 aromatic rings. The lowest BCUT2D eigenvalue weighted by Crippen LogP contribution is -2.61. The van der Waals surface area contributed by atoms with Crippen LogP contribution in [0.4, 0.5) is 0 Å². The Kier molecular flexibility index (Phi) is 40.4. The molecule has 0 radical (unpaired) electrons. The predicted molar refractivity (Wildman–Crippen MR) is 266 cm³/mol. The van der Waals surface area contributed by atoms with Crippen LogP contribution in [0.25, 0.3) is 0 Å². The van der Waals surface area contributed by atoms with Gasteiger partial charge in [-0.15, -0.1) is 0 Å². The number of esters is 3. The molecule has 0 saturated carbocycles. The molecule has 0 aromatic heterocycles. The molecule has 1 aliphatic rings. The second-order valence-corrected chi connectivity index (χ2v) is 18.1. The van der Waals surface area contributed by atoms with Gasteiger partial charge in [-0.05, 0) is 57.8 Å². The Balaban J connectivity index is 2.71. The highest BCUT2D eigenvalue weighted by atomic mass is 16.7. The van der Waals surface area contributed by atoms with E-state index in [4.69, 9.17) is 23.7 Å². The number of hydrogen-bond acceptors (Lipinski definition) is 11. The number of aliphatic hydroxyl groups excluding tert-OH is 2. The first-order chi connectivity index (χ1) is 32.6.